The van der Waals surface area contributed by atoms with E-state index in [-0.39, 0.29) is 18.9 Å². The van der Waals surface area contributed by atoms with Crippen molar-refractivity contribution in [1.82, 2.24) is 0 Å². The molecule has 0 heterocycles. The average molecular weight is 375 g/mol. The summed E-state index contributed by atoms with van der Waals surface area (Å²) in [5.74, 6) is -0.315. The molecule has 0 amide bonds. The summed E-state index contributed by atoms with van der Waals surface area (Å²) in [6.07, 6.45) is -0.765. The molecular weight excluding hydrogens is 361 g/mol. The minimum absolute atomic E-state index is 0.00267. The number of nitrogens with one attached hydrogen (secondary N) is 1. The molecule has 0 fully saturated rings. The number of para-hydroxylation sites is 1. The van der Waals surface area contributed by atoms with E-state index in [1.54, 1.807) is 24.3 Å². The summed E-state index contributed by atoms with van der Waals surface area (Å²) in [5, 5.41) is 13.5. The Balaban J connectivity index is 1.81. The molecule has 0 saturated heterocycles. The Kier molecular flexibility index (Phi) is 5.85. The van der Waals surface area contributed by atoms with Crippen LogP contribution in [0.4, 0.5) is 10.1 Å². The summed E-state index contributed by atoms with van der Waals surface area (Å²) in [6.45, 7) is 0.283. The van der Waals surface area contributed by atoms with Crippen molar-refractivity contribution in [1.29, 1.82) is 0 Å². The Hall–Kier alpha value is -1.30. The molecular formula is C15H14BrClFNO2. The summed E-state index contributed by atoms with van der Waals surface area (Å²) in [5.41, 5.74) is 0.816. The lowest BCUT2D eigenvalue weighted by atomic mass is 10.3. The van der Waals surface area contributed by atoms with Crippen LogP contribution in [0.1, 0.15) is 0 Å². The normalized spacial score (nSPS) is 12.0. The standard InChI is InChI=1S/C15H14BrClFNO2/c16-12-7-10(5-6-13(12)17)19-8-11(20)9-21-15-4-2-1-3-14(15)18/h1-7,11,19-20H,8-9H2. The quantitative estimate of drug-likeness (QED) is 0.800. The first-order valence-corrected chi connectivity index (χ1v) is 7.47. The van der Waals surface area contributed by atoms with Gasteiger partial charge in [0.15, 0.2) is 11.6 Å². The Morgan fingerprint density at radius 2 is 2.05 bits per heavy atom. The summed E-state index contributed by atoms with van der Waals surface area (Å²) in [7, 11) is 0. The highest BCUT2D eigenvalue weighted by Crippen LogP contribution is 2.25. The van der Waals surface area contributed by atoms with Crippen LogP contribution in [0.25, 0.3) is 0 Å². The van der Waals surface area contributed by atoms with Crippen molar-refractivity contribution < 1.29 is 14.2 Å². The highest BCUT2D eigenvalue weighted by molar-refractivity contribution is 9.10. The lowest BCUT2D eigenvalue weighted by molar-refractivity contribution is 0.115. The lowest BCUT2D eigenvalue weighted by Crippen LogP contribution is -2.26. The Bertz CT molecular complexity index is 612. The van der Waals surface area contributed by atoms with Crippen molar-refractivity contribution in [2.45, 2.75) is 6.10 Å². The van der Waals surface area contributed by atoms with E-state index in [0.29, 0.717) is 5.02 Å². The first-order chi connectivity index (χ1) is 10.1. The van der Waals surface area contributed by atoms with Gasteiger partial charge in [-0.2, -0.15) is 0 Å². The van der Waals surface area contributed by atoms with Gasteiger partial charge in [-0.15, -0.1) is 0 Å². The summed E-state index contributed by atoms with van der Waals surface area (Å²) < 4.78 is 19.3. The zero-order chi connectivity index (χ0) is 15.2. The fourth-order valence-electron chi connectivity index (χ4n) is 1.65. The molecule has 1 unspecified atom stereocenters. The first kappa shape index (κ1) is 16.1. The van der Waals surface area contributed by atoms with Gasteiger partial charge in [0.1, 0.15) is 12.7 Å². The zero-order valence-corrected chi connectivity index (χ0v) is 13.4. The van der Waals surface area contributed by atoms with Crippen LogP contribution < -0.4 is 10.1 Å². The molecule has 1 atom stereocenters. The van der Waals surface area contributed by atoms with Gasteiger partial charge in [-0.1, -0.05) is 23.7 Å². The molecule has 0 spiro atoms. The molecule has 2 aromatic carbocycles. The second-order valence-corrected chi connectivity index (χ2v) is 5.67. The average Bonchev–Trinajstić information content (AvgIpc) is 2.47. The fourth-order valence-corrected chi connectivity index (χ4v) is 2.14. The number of benzene rings is 2. The van der Waals surface area contributed by atoms with Crippen LogP contribution in [0.2, 0.25) is 5.02 Å². The van der Waals surface area contributed by atoms with Crippen LogP contribution in [0.15, 0.2) is 46.9 Å². The smallest absolute Gasteiger partial charge is 0.165 e. The minimum atomic E-state index is -0.765. The van der Waals surface area contributed by atoms with Gasteiger partial charge in [-0.3, -0.25) is 0 Å². The molecule has 2 N–H and O–H groups in total. The molecule has 21 heavy (non-hydrogen) atoms. The number of aliphatic hydroxyl groups is 1. The van der Waals surface area contributed by atoms with Crippen LogP contribution >= 0.6 is 27.5 Å². The van der Waals surface area contributed by atoms with Crippen molar-refractivity contribution in [3.05, 3.63) is 57.8 Å². The van der Waals surface area contributed by atoms with Crippen molar-refractivity contribution in [2.24, 2.45) is 0 Å². The van der Waals surface area contributed by atoms with Crippen molar-refractivity contribution in [3.63, 3.8) is 0 Å². The van der Waals surface area contributed by atoms with Crippen LogP contribution in [0.5, 0.6) is 5.75 Å². The molecule has 0 radical (unpaired) electrons. The molecule has 3 nitrogen and oxygen atoms in total. The second-order valence-electron chi connectivity index (χ2n) is 4.41. The zero-order valence-electron chi connectivity index (χ0n) is 11.0. The third kappa shape index (κ3) is 4.88. The van der Waals surface area contributed by atoms with Crippen molar-refractivity contribution in [2.75, 3.05) is 18.5 Å². The van der Waals surface area contributed by atoms with E-state index in [1.165, 1.54) is 12.1 Å². The monoisotopic (exact) mass is 373 g/mol. The minimum Gasteiger partial charge on any atom is -0.488 e. The van der Waals surface area contributed by atoms with E-state index in [0.717, 1.165) is 10.2 Å². The van der Waals surface area contributed by atoms with E-state index in [4.69, 9.17) is 16.3 Å². The molecule has 0 saturated carbocycles. The Morgan fingerprint density at radius 3 is 2.76 bits per heavy atom. The molecule has 0 aromatic heterocycles. The number of hydrogen-bond acceptors (Lipinski definition) is 3. The topological polar surface area (TPSA) is 41.5 Å². The SMILES string of the molecule is OC(CNc1ccc(Cl)c(Br)c1)COc1ccccc1F. The maximum Gasteiger partial charge on any atom is 0.165 e. The highest BCUT2D eigenvalue weighted by atomic mass is 79.9. The fraction of sp³-hybridized carbons (Fsp3) is 0.200. The molecule has 0 bridgehead atoms. The number of aliphatic hydroxyl groups excluding tert-OH is 1. The molecule has 2 rings (SSSR count). The maximum absolute atomic E-state index is 13.3. The third-order valence-corrected chi connectivity index (χ3v) is 3.94. The summed E-state index contributed by atoms with van der Waals surface area (Å²) in [6, 6.07) is 11.4. The predicted octanol–water partition coefficient (Wildman–Crippen LogP) is 4.09. The van der Waals surface area contributed by atoms with E-state index >= 15 is 0 Å². The predicted molar refractivity (Wildman–Crippen MR) is 85.5 cm³/mol. The largest absolute Gasteiger partial charge is 0.488 e. The van der Waals surface area contributed by atoms with Crippen molar-refractivity contribution in [3.8, 4) is 5.75 Å². The van der Waals surface area contributed by atoms with Gasteiger partial charge in [0.25, 0.3) is 0 Å². The van der Waals surface area contributed by atoms with Gasteiger partial charge in [-0.25, -0.2) is 4.39 Å². The highest BCUT2D eigenvalue weighted by Gasteiger charge is 2.08. The summed E-state index contributed by atoms with van der Waals surface area (Å²) >= 11 is 9.22. The van der Waals surface area contributed by atoms with E-state index < -0.39 is 11.9 Å². The Labute approximate surface area is 135 Å². The van der Waals surface area contributed by atoms with Gasteiger partial charge in [0, 0.05) is 16.7 Å². The number of anilines is 1. The van der Waals surface area contributed by atoms with Crippen LogP contribution in [0, 0.1) is 5.82 Å². The number of rotatable bonds is 6. The molecule has 0 aliphatic rings. The Morgan fingerprint density at radius 1 is 1.29 bits per heavy atom. The third-order valence-electron chi connectivity index (χ3n) is 2.73. The first-order valence-electron chi connectivity index (χ1n) is 6.30. The van der Waals surface area contributed by atoms with Crippen molar-refractivity contribution >= 4 is 33.2 Å². The van der Waals surface area contributed by atoms with E-state index in [2.05, 4.69) is 21.2 Å². The summed E-state index contributed by atoms with van der Waals surface area (Å²) in [4.78, 5) is 0. The number of hydrogen-bond donors (Lipinski definition) is 2. The van der Waals surface area contributed by atoms with Gasteiger partial charge >= 0.3 is 0 Å². The van der Waals surface area contributed by atoms with Gasteiger partial charge < -0.3 is 15.2 Å². The van der Waals surface area contributed by atoms with Crippen LogP contribution in [0.3, 0.4) is 0 Å². The molecule has 0 aliphatic heterocycles. The number of ether oxygens (including phenoxy) is 1. The van der Waals surface area contributed by atoms with Gasteiger partial charge in [-0.05, 0) is 46.3 Å². The number of halogens is 3. The molecule has 2 aromatic rings. The second kappa shape index (κ2) is 7.64. The van der Waals surface area contributed by atoms with E-state index in [9.17, 15) is 9.50 Å². The van der Waals surface area contributed by atoms with E-state index in [1.807, 2.05) is 6.07 Å². The lowest BCUT2D eigenvalue weighted by Gasteiger charge is -2.14. The van der Waals surface area contributed by atoms with Crippen LogP contribution in [-0.2, 0) is 0 Å². The molecule has 0 aliphatic carbocycles. The molecule has 6 heteroatoms. The van der Waals surface area contributed by atoms with Gasteiger partial charge in [0.05, 0.1) is 5.02 Å². The van der Waals surface area contributed by atoms with Gasteiger partial charge in [0.2, 0.25) is 0 Å². The molecule has 112 valence electrons. The maximum atomic E-state index is 13.3. The van der Waals surface area contributed by atoms with Crippen LogP contribution in [-0.4, -0.2) is 24.4 Å².